The first kappa shape index (κ1) is 10.0. The predicted octanol–water partition coefficient (Wildman–Crippen LogP) is 2.59. The molecule has 0 aliphatic rings. The highest BCUT2D eigenvalue weighted by Gasteiger charge is 2.01. The Morgan fingerprint density at radius 2 is 2.23 bits per heavy atom. The summed E-state index contributed by atoms with van der Waals surface area (Å²) in [4.78, 5) is 7.95. The topological polar surface area (TPSA) is 25.8 Å². The molecule has 1 aromatic heterocycles. The average Bonchev–Trinajstić information content (AvgIpc) is 2.13. The van der Waals surface area contributed by atoms with Gasteiger partial charge in [-0.1, -0.05) is 24.4 Å². The lowest BCUT2D eigenvalue weighted by Crippen LogP contribution is -1.90. The van der Waals surface area contributed by atoms with Crippen LogP contribution in [-0.2, 0) is 0 Å². The monoisotopic (exact) mass is 194 g/mol. The summed E-state index contributed by atoms with van der Waals surface area (Å²) in [5.41, 5.74) is 1.40. The molecule has 1 aromatic rings. The third-order valence-electron chi connectivity index (χ3n) is 1.55. The number of hydrogen-bond donors (Lipinski definition) is 0. The fraction of sp³-hybridized carbons (Fsp3) is 0.400. The first-order valence-corrected chi connectivity index (χ1v) is 4.59. The number of rotatable bonds is 1. The molecule has 0 N–H and O–H groups in total. The van der Waals surface area contributed by atoms with E-state index in [1.807, 2.05) is 6.92 Å². The maximum absolute atomic E-state index is 5.94. The van der Waals surface area contributed by atoms with Gasteiger partial charge in [0.15, 0.2) is 0 Å². The van der Waals surface area contributed by atoms with Crippen molar-refractivity contribution in [1.82, 2.24) is 9.97 Å². The van der Waals surface area contributed by atoms with Gasteiger partial charge >= 0.3 is 0 Å². The molecule has 0 atom stereocenters. The second-order valence-electron chi connectivity index (χ2n) is 2.67. The van der Waals surface area contributed by atoms with Gasteiger partial charge in [-0.2, -0.15) is 0 Å². The number of aryl methyl sites for hydroxylation is 1. The van der Waals surface area contributed by atoms with E-state index < -0.39 is 0 Å². The highest BCUT2D eigenvalue weighted by atomic mass is 35.5. The highest BCUT2D eigenvalue weighted by molar-refractivity contribution is 6.32. The zero-order valence-electron chi connectivity index (χ0n) is 7.76. The maximum atomic E-state index is 5.94. The van der Waals surface area contributed by atoms with Crippen molar-refractivity contribution in [3.8, 4) is 11.8 Å². The molecule has 0 aromatic carbocycles. The van der Waals surface area contributed by atoms with Crippen LogP contribution in [0.3, 0.4) is 0 Å². The largest absolute Gasteiger partial charge is 0.240 e. The Bertz CT molecular complexity index is 350. The van der Waals surface area contributed by atoms with E-state index in [9.17, 15) is 0 Å². The third kappa shape index (κ3) is 2.71. The minimum atomic E-state index is 0.561. The summed E-state index contributed by atoms with van der Waals surface area (Å²) in [7, 11) is 0. The summed E-state index contributed by atoms with van der Waals surface area (Å²) >= 11 is 5.94. The Labute approximate surface area is 83.4 Å². The van der Waals surface area contributed by atoms with Crippen molar-refractivity contribution in [1.29, 1.82) is 0 Å². The molecule has 0 amide bonds. The van der Waals surface area contributed by atoms with Gasteiger partial charge in [-0.05, 0) is 19.3 Å². The van der Waals surface area contributed by atoms with Crippen molar-refractivity contribution in [2.45, 2.75) is 26.7 Å². The van der Waals surface area contributed by atoms with E-state index in [0.717, 1.165) is 18.5 Å². The fourth-order valence-electron chi connectivity index (χ4n) is 0.816. The van der Waals surface area contributed by atoms with Crippen molar-refractivity contribution in [3.05, 3.63) is 22.7 Å². The van der Waals surface area contributed by atoms with E-state index in [4.69, 9.17) is 11.6 Å². The summed E-state index contributed by atoms with van der Waals surface area (Å²) in [5.74, 6) is 5.92. The Hall–Kier alpha value is -1.07. The minimum absolute atomic E-state index is 0.561. The maximum Gasteiger partial charge on any atom is 0.135 e. The van der Waals surface area contributed by atoms with Crippen molar-refractivity contribution in [2.24, 2.45) is 0 Å². The van der Waals surface area contributed by atoms with Gasteiger partial charge in [0, 0.05) is 6.42 Å². The second kappa shape index (κ2) is 4.84. The van der Waals surface area contributed by atoms with Crippen molar-refractivity contribution < 1.29 is 0 Å². The first-order chi connectivity index (χ1) is 6.25. The SMILES string of the molecule is CCCC#Cc1ncnc(C)c1Cl. The van der Waals surface area contributed by atoms with Crippen LogP contribution in [0, 0.1) is 18.8 Å². The Morgan fingerprint density at radius 3 is 2.92 bits per heavy atom. The molecule has 3 heteroatoms. The van der Waals surface area contributed by atoms with Gasteiger partial charge in [0.05, 0.1) is 10.7 Å². The molecule has 0 radical (unpaired) electrons. The van der Waals surface area contributed by atoms with E-state index >= 15 is 0 Å². The van der Waals surface area contributed by atoms with Crippen LogP contribution in [0.4, 0.5) is 0 Å². The number of unbranched alkanes of at least 4 members (excludes halogenated alkanes) is 1. The molecule has 0 bridgehead atoms. The summed E-state index contributed by atoms with van der Waals surface area (Å²) in [6.07, 6.45) is 3.41. The summed E-state index contributed by atoms with van der Waals surface area (Å²) in [5, 5.41) is 0.561. The molecule has 0 unspecified atom stereocenters. The zero-order chi connectivity index (χ0) is 9.68. The number of hydrogen-bond acceptors (Lipinski definition) is 2. The molecule has 0 fully saturated rings. The highest BCUT2D eigenvalue weighted by Crippen LogP contribution is 2.14. The molecule has 0 saturated carbocycles. The van der Waals surface area contributed by atoms with E-state index in [2.05, 4.69) is 28.7 Å². The lowest BCUT2D eigenvalue weighted by Gasteiger charge is -1.96. The molecule has 0 spiro atoms. The van der Waals surface area contributed by atoms with Crippen molar-refractivity contribution in [2.75, 3.05) is 0 Å². The van der Waals surface area contributed by atoms with Crippen LogP contribution in [0.1, 0.15) is 31.2 Å². The van der Waals surface area contributed by atoms with Gasteiger partial charge < -0.3 is 0 Å². The lowest BCUT2D eigenvalue weighted by molar-refractivity contribution is 0.982. The smallest absolute Gasteiger partial charge is 0.135 e. The van der Waals surface area contributed by atoms with Crippen LogP contribution >= 0.6 is 11.6 Å². The van der Waals surface area contributed by atoms with Gasteiger partial charge in [0.1, 0.15) is 12.0 Å². The quantitative estimate of drug-likeness (QED) is 0.643. The molecule has 68 valence electrons. The Kier molecular flexibility index (Phi) is 3.72. The van der Waals surface area contributed by atoms with E-state index in [1.165, 1.54) is 6.33 Å². The number of halogens is 1. The Balaban J connectivity index is 2.91. The minimum Gasteiger partial charge on any atom is -0.240 e. The number of aromatic nitrogens is 2. The molecule has 0 saturated heterocycles. The molecule has 0 aliphatic carbocycles. The van der Waals surface area contributed by atoms with Gasteiger partial charge in [-0.25, -0.2) is 9.97 Å². The molecule has 0 aliphatic heterocycles. The van der Waals surface area contributed by atoms with Crippen LogP contribution in [0.2, 0.25) is 5.02 Å². The van der Waals surface area contributed by atoms with Crippen LogP contribution in [-0.4, -0.2) is 9.97 Å². The van der Waals surface area contributed by atoms with E-state index in [0.29, 0.717) is 10.7 Å². The third-order valence-corrected chi connectivity index (χ3v) is 2.00. The van der Waals surface area contributed by atoms with Gasteiger partial charge in [0.25, 0.3) is 0 Å². The molecule has 2 nitrogen and oxygen atoms in total. The normalized spacial score (nSPS) is 9.15. The molecular weight excluding hydrogens is 184 g/mol. The summed E-state index contributed by atoms with van der Waals surface area (Å²) < 4.78 is 0. The predicted molar refractivity (Wildman–Crippen MR) is 53.6 cm³/mol. The summed E-state index contributed by atoms with van der Waals surface area (Å²) in [6.45, 7) is 3.93. The van der Waals surface area contributed by atoms with Crippen molar-refractivity contribution in [3.63, 3.8) is 0 Å². The number of nitrogens with zero attached hydrogens (tertiary/aromatic N) is 2. The zero-order valence-corrected chi connectivity index (χ0v) is 8.52. The fourth-order valence-corrected chi connectivity index (χ4v) is 0.961. The van der Waals surface area contributed by atoms with Gasteiger partial charge in [-0.15, -0.1) is 0 Å². The molecule has 1 rings (SSSR count). The van der Waals surface area contributed by atoms with Crippen LogP contribution in [0.25, 0.3) is 0 Å². The second-order valence-corrected chi connectivity index (χ2v) is 3.05. The summed E-state index contributed by atoms with van der Waals surface area (Å²) in [6, 6.07) is 0. The van der Waals surface area contributed by atoms with Crippen LogP contribution in [0.5, 0.6) is 0 Å². The first-order valence-electron chi connectivity index (χ1n) is 4.21. The Morgan fingerprint density at radius 1 is 1.46 bits per heavy atom. The van der Waals surface area contributed by atoms with Gasteiger partial charge in [-0.3, -0.25) is 0 Å². The molecule has 13 heavy (non-hydrogen) atoms. The molecule has 1 heterocycles. The molecular formula is C10H11ClN2. The van der Waals surface area contributed by atoms with Gasteiger partial charge in [0.2, 0.25) is 0 Å². The van der Waals surface area contributed by atoms with E-state index in [1.54, 1.807) is 0 Å². The van der Waals surface area contributed by atoms with Crippen molar-refractivity contribution >= 4 is 11.6 Å². The lowest BCUT2D eigenvalue weighted by atomic mass is 10.3. The average molecular weight is 195 g/mol. The standard InChI is InChI=1S/C10H11ClN2/c1-3-4-5-6-9-10(11)8(2)12-7-13-9/h7H,3-4H2,1-2H3. The van der Waals surface area contributed by atoms with E-state index in [-0.39, 0.29) is 0 Å². The van der Waals surface area contributed by atoms with Crippen LogP contribution in [0.15, 0.2) is 6.33 Å². The van der Waals surface area contributed by atoms with Crippen LogP contribution < -0.4 is 0 Å².